The fraction of sp³-hybridized carbons (Fsp3) is 0.250. The van der Waals surface area contributed by atoms with Gasteiger partial charge in [0.05, 0.1) is 10.8 Å². The second-order valence-electron chi connectivity index (χ2n) is 4.21. The Labute approximate surface area is 107 Å². The zero-order chi connectivity index (χ0) is 12.5. The van der Waals surface area contributed by atoms with E-state index >= 15 is 0 Å². The maximum Gasteiger partial charge on any atom is 0.308 e. The molecule has 2 aromatic rings. The van der Waals surface area contributed by atoms with Crippen LogP contribution in [0.2, 0.25) is 0 Å². The monoisotopic (exact) mass is 261 g/mol. The van der Waals surface area contributed by atoms with Crippen molar-refractivity contribution in [1.29, 1.82) is 0 Å². The van der Waals surface area contributed by atoms with Crippen LogP contribution in [0.3, 0.4) is 0 Å². The Morgan fingerprint density at radius 1 is 1.39 bits per heavy atom. The highest BCUT2D eigenvalue weighted by molar-refractivity contribution is 7.13. The Bertz CT molecular complexity index is 553. The summed E-state index contributed by atoms with van der Waals surface area (Å²) in [7, 11) is 0. The number of rotatable bonds is 4. The average Bonchev–Trinajstić information content (AvgIpc) is 2.92. The summed E-state index contributed by atoms with van der Waals surface area (Å²) in [5.41, 5.74) is 0.834. The highest BCUT2D eigenvalue weighted by Gasteiger charge is 2.43. The third-order valence-corrected chi connectivity index (χ3v) is 3.77. The predicted molar refractivity (Wildman–Crippen MR) is 68.5 cm³/mol. The van der Waals surface area contributed by atoms with E-state index in [0.717, 1.165) is 10.6 Å². The molecular weight excluding hydrogens is 250 g/mol. The number of carbonyl (C=O) groups is 1. The number of aromatic nitrogens is 2. The molecule has 1 fully saturated rings. The largest absolute Gasteiger partial charge is 0.481 e. The quantitative estimate of drug-likeness (QED) is 0.881. The van der Waals surface area contributed by atoms with E-state index in [2.05, 4.69) is 15.5 Å². The van der Waals surface area contributed by atoms with Crippen LogP contribution in [0.5, 0.6) is 0 Å². The summed E-state index contributed by atoms with van der Waals surface area (Å²) in [6.07, 6.45) is 0.656. The van der Waals surface area contributed by atoms with Gasteiger partial charge in [0.1, 0.15) is 11.5 Å². The van der Waals surface area contributed by atoms with Crippen LogP contribution in [0.25, 0.3) is 10.6 Å². The molecule has 0 radical (unpaired) electrons. The van der Waals surface area contributed by atoms with E-state index in [9.17, 15) is 4.79 Å². The van der Waals surface area contributed by atoms with Gasteiger partial charge in [-0.1, -0.05) is 6.07 Å². The molecule has 2 unspecified atom stereocenters. The number of anilines is 1. The Morgan fingerprint density at radius 3 is 2.83 bits per heavy atom. The lowest BCUT2D eigenvalue weighted by atomic mass is 10.3. The SMILES string of the molecule is O=C(O)C1CC1Nc1ccc(-c2cccs2)nn1. The molecule has 3 rings (SSSR count). The van der Waals surface area contributed by atoms with Gasteiger partial charge in [0.15, 0.2) is 0 Å². The molecule has 1 aliphatic rings. The van der Waals surface area contributed by atoms with Crippen molar-refractivity contribution in [2.24, 2.45) is 5.92 Å². The van der Waals surface area contributed by atoms with E-state index in [4.69, 9.17) is 5.11 Å². The van der Waals surface area contributed by atoms with Gasteiger partial charge in [-0.15, -0.1) is 21.5 Å². The molecule has 0 saturated heterocycles. The minimum atomic E-state index is -0.754. The third-order valence-electron chi connectivity index (χ3n) is 2.88. The zero-order valence-electron chi connectivity index (χ0n) is 9.41. The van der Waals surface area contributed by atoms with Crippen LogP contribution in [-0.4, -0.2) is 27.3 Å². The second-order valence-corrected chi connectivity index (χ2v) is 5.16. The number of carboxylic acids is 1. The normalized spacial score (nSPS) is 21.6. The number of hydrogen-bond donors (Lipinski definition) is 2. The summed E-state index contributed by atoms with van der Waals surface area (Å²) < 4.78 is 0. The molecule has 6 heteroatoms. The lowest BCUT2D eigenvalue weighted by Gasteiger charge is -2.03. The van der Waals surface area contributed by atoms with Crippen molar-refractivity contribution >= 4 is 23.1 Å². The standard InChI is InChI=1S/C12H11N3O2S/c16-12(17)7-6-9(7)13-11-4-3-8(14-15-11)10-2-1-5-18-10/h1-5,7,9H,6H2,(H,13,15)(H,16,17). The molecule has 0 aromatic carbocycles. The Kier molecular flexibility index (Phi) is 2.71. The van der Waals surface area contributed by atoms with E-state index < -0.39 is 5.97 Å². The smallest absolute Gasteiger partial charge is 0.308 e. The van der Waals surface area contributed by atoms with Crippen molar-refractivity contribution < 1.29 is 9.90 Å². The van der Waals surface area contributed by atoms with Crippen molar-refractivity contribution in [2.75, 3.05) is 5.32 Å². The molecule has 1 aliphatic carbocycles. The molecule has 0 amide bonds. The molecule has 5 nitrogen and oxygen atoms in total. The van der Waals surface area contributed by atoms with Gasteiger partial charge < -0.3 is 10.4 Å². The minimum Gasteiger partial charge on any atom is -0.481 e. The van der Waals surface area contributed by atoms with E-state index in [1.807, 2.05) is 29.6 Å². The molecule has 2 N–H and O–H groups in total. The van der Waals surface area contributed by atoms with Gasteiger partial charge in [-0.05, 0) is 30.0 Å². The van der Waals surface area contributed by atoms with Gasteiger partial charge in [-0.2, -0.15) is 0 Å². The number of aliphatic carboxylic acids is 1. The van der Waals surface area contributed by atoms with Crippen LogP contribution in [0.15, 0.2) is 29.6 Å². The van der Waals surface area contributed by atoms with Crippen LogP contribution >= 0.6 is 11.3 Å². The number of nitrogens with one attached hydrogen (secondary N) is 1. The maximum atomic E-state index is 10.7. The number of hydrogen-bond acceptors (Lipinski definition) is 5. The van der Waals surface area contributed by atoms with E-state index in [1.54, 1.807) is 11.3 Å². The first kappa shape index (κ1) is 11.2. The summed E-state index contributed by atoms with van der Waals surface area (Å²) in [5.74, 6) is -0.413. The van der Waals surface area contributed by atoms with Crippen LogP contribution in [0.4, 0.5) is 5.82 Å². The van der Waals surface area contributed by atoms with Gasteiger partial charge >= 0.3 is 5.97 Å². The topological polar surface area (TPSA) is 75.1 Å². The van der Waals surface area contributed by atoms with E-state index in [1.165, 1.54) is 0 Å². The van der Waals surface area contributed by atoms with Crippen molar-refractivity contribution in [3.05, 3.63) is 29.6 Å². The highest BCUT2D eigenvalue weighted by atomic mass is 32.1. The van der Waals surface area contributed by atoms with Crippen molar-refractivity contribution in [2.45, 2.75) is 12.5 Å². The van der Waals surface area contributed by atoms with Crippen LogP contribution in [0, 0.1) is 5.92 Å². The molecule has 0 aliphatic heterocycles. The van der Waals surface area contributed by atoms with Crippen LogP contribution in [-0.2, 0) is 4.79 Å². The summed E-state index contributed by atoms with van der Waals surface area (Å²) in [5, 5.41) is 22.0. The molecule has 92 valence electrons. The van der Waals surface area contributed by atoms with Gasteiger partial charge in [0.25, 0.3) is 0 Å². The second kappa shape index (κ2) is 4.38. The first-order chi connectivity index (χ1) is 8.74. The molecule has 18 heavy (non-hydrogen) atoms. The molecule has 2 atom stereocenters. The minimum absolute atomic E-state index is 0.00983. The van der Waals surface area contributed by atoms with Crippen molar-refractivity contribution in [3.8, 4) is 10.6 Å². The predicted octanol–water partition coefficient (Wildman–Crippen LogP) is 2.09. The van der Waals surface area contributed by atoms with Crippen molar-refractivity contribution in [1.82, 2.24) is 10.2 Å². The lowest BCUT2D eigenvalue weighted by Crippen LogP contribution is -2.11. The third kappa shape index (κ3) is 2.19. The molecule has 0 bridgehead atoms. The Hall–Kier alpha value is -1.95. The fourth-order valence-electron chi connectivity index (χ4n) is 1.78. The maximum absolute atomic E-state index is 10.7. The summed E-state index contributed by atoms with van der Waals surface area (Å²) in [4.78, 5) is 11.8. The van der Waals surface area contributed by atoms with Crippen LogP contribution < -0.4 is 5.32 Å². The number of thiophene rings is 1. The molecule has 0 spiro atoms. The molecule has 2 aromatic heterocycles. The van der Waals surface area contributed by atoms with Gasteiger partial charge in [0.2, 0.25) is 0 Å². The Balaban J connectivity index is 1.67. The zero-order valence-corrected chi connectivity index (χ0v) is 10.2. The van der Waals surface area contributed by atoms with Gasteiger partial charge in [0, 0.05) is 6.04 Å². The summed E-state index contributed by atoms with van der Waals surface area (Å²) in [6, 6.07) is 7.67. The molecule has 2 heterocycles. The molecule has 1 saturated carbocycles. The highest BCUT2D eigenvalue weighted by Crippen LogP contribution is 2.33. The first-order valence-corrected chi connectivity index (χ1v) is 6.49. The fourth-order valence-corrected chi connectivity index (χ4v) is 2.47. The Morgan fingerprint density at radius 2 is 2.28 bits per heavy atom. The van der Waals surface area contributed by atoms with E-state index in [0.29, 0.717) is 12.2 Å². The lowest BCUT2D eigenvalue weighted by molar-refractivity contribution is -0.138. The van der Waals surface area contributed by atoms with E-state index in [-0.39, 0.29) is 12.0 Å². The number of nitrogens with zero attached hydrogens (tertiary/aromatic N) is 2. The van der Waals surface area contributed by atoms with Gasteiger partial charge in [-0.3, -0.25) is 4.79 Å². The first-order valence-electron chi connectivity index (χ1n) is 5.61. The summed E-state index contributed by atoms with van der Waals surface area (Å²) in [6.45, 7) is 0. The molecular formula is C12H11N3O2S. The summed E-state index contributed by atoms with van der Waals surface area (Å²) >= 11 is 1.61. The van der Waals surface area contributed by atoms with Crippen LogP contribution in [0.1, 0.15) is 6.42 Å². The van der Waals surface area contributed by atoms with Gasteiger partial charge in [-0.25, -0.2) is 0 Å². The average molecular weight is 261 g/mol. The van der Waals surface area contributed by atoms with Crippen molar-refractivity contribution in [3.63, 3.8) is 0 Å². The number of carboxylic acid groups (broad SMARTS) is 1.